The highest BCUT2D eigenvalue weighted by Gasteiger charge is 2.32. The number of hydrogen-bond donors (Lipinski definition) is 2. The average Bonchev–Trinajstić information content (AvgIpc) is 2.33. The highest BCUT2D eigenvalue weighted by molar-refractivity contribution is 6.33. The Morgan fingerprint density at radius 1 is 1.44 bits per heavy atom. The van der Waals surface area contributed by atoms with Gasteiger partial charge in [-0.1, -0.05) is 23.7 Å². The summed E-state index contributed by atoms with van der Waals surface area (Å²) in [5.74, 6) is 0. The number of anilines is 1. The summed E-state index contributed by atoms with van der Waals surface area (Å²) in [6, 6.07) is 7.55. The van der Waals surface area contributed by atoms with Crippen LogP contribution in [0.4, 0.5) is 5.69 Å². The van der Waals surface area contributed by atoms with Crippen molar-refractivity contribution >= 4 is 17.3 Å². The molecule has 88 valence electrons. The maximum Gasteiger partial charge on any atom is 0.0838 e. The molecule has 1 aromatic carbocycles. The molecule has 0 spiro atoms. The number of aliphatic hydroxyl groups is 1. The average molecular weight is 242 g/mol. The molecule has 1 saturated heterocycles. The molecule has 1 atom stereocenters. The lowest BCUT2D eigenvalue weighted by Crippen LogP contribution is -2.49. The number of halogens is 1. The van der Waals surface area contributed by atoms with E-state index < -0.39 is 0 Å². The van der Waals surface area contributed by atoms with E-state index in [1.54, 1.807) is 0 Å². The standard InChI is InChI=1S/C12H16ClNO2/c13-10-4-1-2-5-11(10)14-12(8-15)6-3-7-16-9-12/h1-2,4-5,14-15H,3,6-9H2. The summed E-state index contributed by atoms with van der Waals surface area (Å²) < 4.78 is 5.42. The van der Waals surface area contributed by atoms with Crippen LogP contribution in [0.1, 0.15) is 12.8 Å². The van der Waals surface area contributed by atoms with Gasteiger partial charge in [-0.3, -0.25) is 0 Å². The molecule has 0 bridgehead atoms. The van der Waals surface area contributed by atoms with Crippen LogP contribution in [-0.4, -0.2) is 30.5 Å². The predicted octanol–water partition coefficient (Wildman–Crippen LogP) is 2.29. The fourth-order valence-electron chi connectivity index (χ4n) is 1.96. The largest absolute Gasteiger partial charge is 0.394 e. The van der Waals surface area contributed by atoms with E-state index in [1.807, 2.05) is 24.3 Å². The van der Waals surface area contributed by atoms with Crippen molar-refractivity contribution in [1.82, 2.24) is 0 Å². The first-order valence-electron chi connectivity index (χ1n) is 5.47. The fraction of sp³-hybridized carbons (Fsp3) is 0.500. The molecule has 1 aliphatic rings. The summed E-state index contributed by atoms with van der Waals surface area (Å²) in [6.45, 7) is 1.35. The van der Waals surface area contributed by atoms with E-state index in [2.05, 4.69) is 5.32 Å². The third-order valence-electron chi connectivity index (χ3n) is 2.90. The molecule has 1 unspecified atom stereocenters. The predicted molar refractivity (Wildman–Crippen MR) is 64.9 cm³/mol. The number of nitrogens with one attached hydrogen (secondary N) is 1. The zero-order valence-electron chi connectivity index (χ0n) is 9.08. The van der Waals surface area contributed by atoms with Gasteiger partial charge in [-0.05, 0) is 25.0 Å². The van der Waals surface area contributed by atoms with Crippen molar-refractivity contribution < 1.29 is 9.84 Å². The zero-order valence-corrected chi connectivity index (χ0v) is 9.83. The monoisotopic (exact) mass is 241 g/mol. The Labute approximate surface area is 100 Å². The number of benzene rings is 1. The summed E-state index contributed by atoms with van der Waals surface area (Å²) in [4.78, 5) is 0. The number of ether oxygens (including phenoxy) is 1. The van der Waals surface area contributed by atoms with Gasteiger partial charge in [-0.25, -0.2) is 0 Å². The van der Waals surface area contributed by atoms with Crippen molar-refractivity contribution in [3.63, 3.8) is 0 Å². The summed E-state index contributed by atoms with van der Waals surface area (Å²) >= 11 is 6.08. The quantitative estimate of drug-likeness (QED) is 0.853. The first kappa shape index (κ1) is 11.7. The number of hydrogen-bond acceptors (Lipinski definition) is 3. The molecule has 1 heterocycles. The van der Waals surface area contributed by atoms with Crippen molar-refractivity contribution in [2.24, 2.45) is 0 Å². The number of rotatable bonds is 3. The third kappa shape index (κ3) is 2.48. The van der Waals surface area contributed by atoms with Gasteiger partial charge in [0.2, 0.25) is 0 Å². The van der Waals surface area contributed by atoms with Crippen molar-refractivity contribution in [2.45, 2.75) is 18.4 Å². The Kier molecular flexibility index (Phi) is 3.69. The van der Waals surface area contributed by atoms with Crippen molar-refractivity contribution in [2.75, 3.05) is 25.1 Å². The van der Waals surface area contributed by atoms with Crippen LogP contribution in [-0.2, 0) is 4.74 Å². The number of aliphatic hydroxyl groups excluding tert-OH is 1. The smallest absolute Gasteiger partial charge is 0.0838 e. The van der Waals surface area contributed by atoms with Gasteiger partial charge in [-0.2, -0.15) is 0 Å². The SMILES string of the molecule is OCC1(Nc2ccccc2Cl)CCCOC1. The zero-order chi connectivity index (χ0) is 11.4. The molecule has 1 aliphatic heterocycles. The van der Waals surface area contributed by atoms with Gasteiger partial charge < -0.3 is 15.2 Å². The van der Waals surface area contributed by atoms with E-state index in [-0.39, 0.29) is 12.1 Å². The Balaban J connectivity index is 2.15. The Hall–Kier alpha value is -0.770. The molecule has 0 amide bonds. The Morgan fingerprint density at radius 2 is 2.25 bits per heavy atom. The molecule has 3 nitrogen and oxygen atoms in total. The van der Waals surface area contributed by atoms with Crippen LogP contribution in [0.2, 0.25) is 5.02 Å². The maximum absolute atomic E-state index is 9.51. The minimum atomic E-state index is -0.386. The minimum Gasteiger partial charge on any atom is -0.394 e. The summed E-state index contributed by atoms with van der Waals surface area (Å²) in [5.41, 5.74) is 0.465. The first-order valence-corrected chi connectivity index (χ1v) is 5.85. The van der Waals surface area contributed by atoms with Crippen molar-refractivity contribution in [1.29, 1.82) is 0 Å². The molecular formula is C12H16ClNO2. The molecule has 2 N–H and O–H groups in total. The van der Waals surface area contributed by atoms with Crippen molar-refractivity contribution in [3.8, 4) is 0 Å². The first-order chi connectivity index (χ1) is 7.76. The minimum absolute atomic E-state index is 0.0538. The van der Waals surface area contributed by atoms with E-state index in [1.165, 1.54) is 0 Å². The number of para-hydroxylation sites is 1. The molecule has 16 heavy (non-hydrogen) atoms. The third-order valence-corrected chi connectivity index (χ3v) is 3.23. The molecule has 1 aromatic rings. The van der Waals surface area contributed by atoms with E-state index >= 15 is 0 Å². The molecule has 2 rings (SSSR count). The summed E-state index contributed by atoms with van der Waals surface area (Å²) in [7, 11) is 0. The van der Waals surface area contributed by atoms with E-state index in [0.717, 1.165) is 25.1 Å². The topological polar surface area (TPSA) is 41.5 Å². The molecule has 0 radical (unpaired) electrons. The summed E-state index contributed by atoms with van der Waals surface area (Å²) in [5, 5.41) is 13.5. The van der Waals surface area contributed by atoms with Crippen LogP contribution in [0.15, 0.2) is 24.3 Å². The lowest BCUT2D eigenvalue weighted by molar-refractivity contribution is 0.0217. The highest BCUT2D eigenvalue weighted by Crippen LogP contribution is 2.28. The van der Waals surface area contributed by atoms with Gasteiger partial charge in [-0.15, -0.1) is 0 Å². The second kappa shape index (κ2) is 5.04. The van der Waals surface area contributed by atoms with E-state index in [4.69, 9.17) is 16.3 Å². The van der Waals surface area contributed by atoms with E-state index in [0.29, 0.717) is 11.6 Å². The molecule has 0 aliphatic carbocycles. The van der Waals surface area contributed by atoms with Crippen LogP contribution in [0.5, 0.6) is 0 Å². The Bertz CT molecular complexity index is 351. The lowest BCUT2D eigenvalue weighted by Gasteiger charge is -2.37. The van der Waals surface area contributed by atoms with E-state index in [9.17, 15) is 5.11 Å². The fourth-order valence-corrected chi connectivity index (χ4v) is 2.15. The molecule has 1 fully saturated rings. The maximum atomic E-state index is 9.51. The summed E-state index contributed by atoms with van der Waals surface area (Å²) in [6.07, 6.45) is 1.85. The second-order valence-corrected chi connectivity index (χ2v) is 4.61. The van der Waals surface area contributed by atoms with Crippen LogP contribution in [0, 0.1) is 0 Å². The van der Waals surface area contributed by atoms with Gasteiger partial charge in [0.1, 0.15) is 0 Å². The van der Waals surface area contributed by atoms with Crippen LogP contribution in [0.25, 0.3) is 0 Å². The van der Waals surface area contributed by atoms with Crippen LogP contribution < -0.4 is 5.32 Å². The van der Waals surface area contributed by atoms with Gasteiger partial charge >= 0.3 is 0 Å². The van der Waals surface area contributed by atoms with Gasteiger partial charge in [0.15, 0.2) is 0 Å². The van der Waals surface area contributed by atoms with Gasteiger partial charge in [0.05, 0.1) is 29.5 Å². The van der Waals surface area contributed by atoms with Gasteiger partial charge in [0.25, 0.3) is 0 Å². The van der Waals surface area contributed by atoms with Crippen molar-refractivity contribution in [3.05, 3.63) is 29.3 Å². The lowest BCUT2D eigenvalue weighted by atomic mass is 9.93. The molecule has 4 heteroatoms. The Morgan fingerprint density at radius 3 is 2.88 bits per heavy atom. The van der Waals surface area contributed by atoms with Gasteiger partial charge in [0, 0.05) is 6.61 Å². The van der Waals surface area contributed by atoms with Crippen LogP contribution in [0.3, 0.4) is 0 Å². The second-order valence-electron chi connectivity index (χ2n) is 4.20. The molecule has 0 saturated carbocycles. The van der Waals surface area contributed by atoms with Crippen LogP contribution >= 0.6 is 11.6 Å². The highest BCUT2D eigenvalue weighted by atomic mass is 35.5. The normalized spacial score (nSPS) is 25.4. The molecule has 0 aromatic heterocycles. The molecular weight excluding hydrogens is 226 g/mol.